The normalized spacial score (nSPS) is 11.2. The van der Waals surface area contributed by atoms with E-state index in [-0.39, 0.29) is 5.75 Å². The van der Waals surface area contributed by atoms with Gasteiger partial charge in [0.25, 0.3) is 0 Å². The molecule has 5 heteroatoms. The molecule has 1 rings (SSSR count). The van der Waals surface area contributed by atoms with Crippen LogP contribution in [0.4, 0.5) is 0 Å². The molecule has 0 spiro atoms. The van der Waals surface area contributed by atoms with E-state index >= 15 is 0 Å². The Morgan fingerprint density at radius 2 is 2.11 bits per heavy atom. The van der Waals surface area contributed by atoms with Crippen LogP contribution in [0, 0.1) is 11.3 Å². The summed E-state index contributed by atoms with van der Waals surface area (Å²) in [5.74, 6) is -0.148. The second-order valence-electron chi connectivity index (χ2n) is 3.92. The molecule has 0 aliphatic carbocycles. The van der Waals surface area contributed by atoms with Gasteiger partial charge in [-0.3, -0.25) is 0 Å². The molecule has 0 aliphatic rings. The van der Waals surface area contributed by atoms with E-state index in [4.69, 9.17) is 5.26 Å². The molecule has 0 aromatic heterocycles. The van der Waals surface area contributed by atoms with E-state index in [1.54, 1.807) is 30.3 Å². The predicted octanol–water partition coefficient (Wildman–Crippen LogP) is 1.90. The van der Waals surface area contributed by atoms with Crippen LogP contribution in [0.25, 0.3) is 0 Å². The Kier molecular flexibility index (Phi) is 5.08. The van der Waals surface area contributed by atoms with Gasteiger partial charge in [-0.1, -0.05) is 24.3 Å². The molecule has 0 saturated heterocycles. The molecule has 0 bridgehead atoms. The molecule has 0 heterocycles. The van der Waals surface area contributed by atoms with Gasteiger partial charge in [-0.25, -0.2) is 12.7 Å². The number of sulfonamides is 1. The predicted molar refractivity (Wildman–Crippen MR) is 71.2 cm³/mol. The van der Waals surface area contributed by atoms with E-state index in [0.717, 1.165) is 0 Å². The van der Waals surface area contributed by atoms with Crippen molar-refractivity contribution in [2.24, 2.45) is 0 Å². The van der Waals surface area contributed by atoms with Crippen molar-refractivity contribution in [3.05, 3.63) is 48.0 Å². The number of rotatable bonds is 6. The summed E-state index contributed by atoms with van der Waals surface area (Å²) in [5, 5.41) is 8.92. The van der Waals surface area contributed by atoms with E-state index < -0.39 is 10.0 Å². The zero-order valence-electron chi connectivity index (χ0n) is 10.3. The van der Waals surface area contributed by atoms with E-state index in [1.165, 1.54) is 11.4 Å². The Bertz CT molecular complexity index is 559. The van der Waals surface area contributed by atoms with Gasteiger partial charge in [-0.05, 0) is 18.1 Å². The molecule has 0 atom stereocenters. The number of nitrogens with zero attached hydrogens (tertiary/aromatic N) is 2. The summed E-state index contributed by atoms with van der Waals surface area (Å²) in [6, 6.07) is 8.73. The average molecular weight is 264 g/mol. The van der Waals surface area contributed by atoms with Crippen LogP contribution in [0.3, 0.4) is 0 Å². The van der Waals surface area contributed by atoms with Crippen LogP contribution in [-0.4, -0.2) is 26.3 Å². The van der Waals surface area contributed by atoms with Crippen molar-refractivity contribution >= 4 is 10.0 Å². The van der Waals surface area contributed by atoms with E-state index in [0.29, 0.717) is 24.1 Å². The molecule has 96 valence electrons. The first-order valence-corrected chi connectivity index (χ1v) is 7.15. The monoisotopic (exact) mass is 264 g/mol. The van der Waals surface area contributed by atoms with E-state index in [1.807, 2.05) is 6.07 Å². The Morgan fingerprint density at radius 3 is 2.72 bits per heavy atom. The van der Waals surface area contributed by atoms with Crippen molar-refractivity contribution in [1.82, 2.24) is 4.31 Å². The van der Waals surface area contributed by atoms with Crippen molar-refractivity contribution in [1.29, 1.82) is 5.26 Å². The number of nitriles is 1. The third-order valence-corrected chi connectivity index (χ3v) is 4.41. The summed E-state index contributed by atoms with van der Waals surface area (Å²) in [4.78, 5) is 0. The second kappa shape index (κ2) is 6.34. The van der Waals surface area contributed by atoms with Gasteiger partial charge in [-0.15, -0.1) is 6.58 Å². The highest BCUT2D eigenvalue weighted by Gasteiger charge is 2.19. The van der Waals surface area contributed by atoms with Gasteiger partial charge >= 0.3 is 0 Å². The minimum absolute atomic E-state index is 0.148. The van der Waals surface area contributed by atoms with E-state index in [2.05, 4.69) is 6.58 Å². The van der Waals surface area contributed by atoms with Gasteiger partial charge in [0, 0.05) is 13.6 Å². The minimum atomic E-state index is -3.38. The largest absolute Gasteiger partial charge is 0.218 e. The van der Waals surface area contributed by atoms with Gasteiger partial charge in [0.2, 0.25) is 10.0 Å². The van der Waals surface area contributed by atoms with Crippen molar-refractivity contribution < 1.29 is 8.42 Å². The maximum Gasteiger partial charge on any atom is 0.218 e. The fraction of sp³-hybridized carbons (Fsp3) is 0.308. The summed E-state index contributed by atoms with van der Waals surface area (Å²) < 4.78 is 25.4. The number of hydrogen-bond acceptors (Lipinski definition) is 3. The van der Waals surface area contributed by atoms with Crippen molar-refractivity contribution in [3.63, 3.8) is 0 Å². The molecule has 0 fully saturated rings. The van der Waals surface area contributed by atoms with Crippen LogP contribution >= 0.6 is 0 Å². The smallest absolute Gasteiger partial charge is 0.212 e. The fourth-order valence-corrected chi connectivity index (χ4v) is 2.72. The van der Waals surface area contributed by atoms with Crippen LogP contribution in [0.2, 0.25) is 0 Å². The molecule has 1 aromatic carbocycles. The van der Waals surface area contributed by atoms with Crippen LogP contribution in [0.15, 0.2) is 36.9 Å². The molecule has 1 aromatic rings. The number of hydrogen-bond donors (Lipinski definition) is 0. The van der Waals surface area contributed by atoms with Crippen LogP contribution in [0.1, 0.15) is 17.5 Å². The molecular formula is C13H16N2O2S. The third-order valence-electron chi connectivity index (χ3n) is 2.60. The minimum Gasteiger partial charge on any atom is -0.212 e. The lowest BCUT2D eigenvalue weighted by atomic mass is 10.1. The van der Waals surface area contributed by atoms with Gasteiger partial charge in [0.1, 0.15) is 0 Å². The number of benzene rings is 1. The Morgan fingerprint density at radius 1 is 1.44 bits per heavy atom. The van der Waals surface area contributed by atoms with Crippen LogP contribution in [-0.2, 0) is 15.8 Å². The van der Waals surface area contributed by atoms with Crippen molar-refractivity contribution in [2.45, 2.75) is 12.2 Å². The molecule has 0 N–H and O–H groups in total. The Hall–Kier alpha value is -1.64. The fourth-order valence-electron chi connectivity index (χ4n) is 1.47. The molecule has 0 radical (unpaired) electrons. The molecule has 18 heavy (non-hydrogen) atoms. The molecular weight excluding hydrogens is 248 g/mol. The lowest BCUT2D eigenvalue weighted by Crippen LogP contribution is -2.29. The first-order valence-electron chi connectivity index (χ1n) is 5.54. The maximum absolute atomic E-state index is 12.1. The Labute approximate surface area is 108 Å². The van der Waals surface area contributed by atoms with Gasteiger partial charge < -0.3 is 0 Å². The summed E-state index contributed by atoms with van der Waals surface area (Å²) in [6.45, 7) is 3.96. The highest BCUT2D eigenvalue weighted by atomic mass is 32.2. The van der Waals surface area contributed by atoms with Crippen LogP contribution in [0.5, 0.6) is 0 Å². The zero-order chi connectivity index (χ0) is 13.6. The average Bonchev–Trinajstić information content (AvgIpc) is 2.36. The lowest BCUT2D eigenvalue weighted by molar-refractivity contribution is 0.474. The first-order chi connectivity index (χ1) is 8.51. The van der Waals surface area contributed by atoms with Gasteiger partial charge in [0.05, 0.1) is 17.4 Å². The second-order valence-corrected chi connectivity index (χ2v) is 6.00. The molecule has 4 nitrogen and oxygen atoms in total. The topological polar surface area (TPSA) is 61.2 Å². The molecule has 0 aliphatic heterocycles. The summed E-state index contributed by atoms with van der Waals surface area (Å²) in [6.07, 6.45) is 2.28. The highest BCUT2D eigenvalue weighted by Crippen LogP contribution is 2.14. The quantitative estimate of drug-likeness (QED) is 0.737. The van der Waals surface area contributed by atoms with Gasteiger partial charge in [-0.2, -0.15) is 5.26 Å². The van der Waals surface area contributed by atoms with Gasteiger partial charge in [0.15, 0.2) is 0 Å². The van der Waals surface area contributed by atoms with E-state index in [9.17, 15) is 8.42 Å². The molecule has 0 unspecified atom stereocenters. The Balaban J connectivity index is 2.89. The highest BCUT2D eigenvalue weighted by molar-refractivity contribution is 7.88. The lowest BCUT2D eigenvalue weighted by Gasteiger charge is -2.16. The summed E-state index contributed by atoms with van der Waals surface area (Å²) in [7, 11) is -1.85. The molecule has 0 saturated carbocycles. The third kappa shape index (κ3) is 3.69. The standard InChI is InChI=1S/C13H16N2O2S/c1-3-4-9-15(2)18(16,17)11-13-8-6-5-7-12(13)10-14/h3,5-8H,1,4,9,11H2,2H3. The molecule has 0 amide bonds. The van der Waals surface area contributed by atoms with Crippen LogP contribution < -0.4 is 0 Å². The van der Waals surface area contributed by atoms with Crippen molar-refractivity contribution in [2.75, 3.05) is 13.6 Å². The zero-order valence-corrected chi connectivity index (χ0v) is 11.2. The summed E-state index contributed by atoms with van der Waals surface area (Å²) >= 11 is 0. The SMILES string of the molecule is C=CCCN(C)S(=O)(=O)Cc1ccccc1C#N. The van der Waals surface area contributed by atoms with Crippen molar-refractivity contribution in [3.8, 4) is 6.07 Å². The first kappa shape index (κ1) is 14.4. The summed E-state index contributed by atoms with van der Waals surface area (Å²) in [5.41, 5.74) is 0.934. The maximum atomic E-state index is 12.1.